The quantitative estimate of drug-likeness (QED) is 0.379. The summed E-state index contributed by atoms with van der Waals surface area (Å²) < 4.78 is 17.1. The van der Waals surface area contributed by atoms with Gasteiger partial charge in [0, 0.05) is 17.7 Å². The van der Waals surface area contributed by atoms with Crippen LogP contribution in [0.15, 0.2) is 48.5 Å². The number of nitrogens with two attached hydrogens (primary N) is 2. The van der Waals surface area contributed by atoms with Gasteiger partial charge in [0.25, 0.3) is 0 Å². The van der Waals surface area contributed by atoms with Gasteiger partial charge in [-0.3, -0.25) is 10.8 Å². The van der Waals surface area contributed by atoms with E-state index in [4.69, 9.17) is 41.6 Å². The van der Waals surface area contributed by atoms with Gasteiger partial charge >= 0.3 is 0 Å². The lowest BCUT2D eigenvalue weighted by molar-refractivity contribution is 0.0308. The van der Waals surface area contributed by atoms with Crippen LogP contribution in [0.1, 0.15) is 23.1 Å². The van der Waals surface area contributed by atoms with E-state index in [-0.39, 0.29) is 36.6 Å². The Labute approximate surface area is 169 Å². The Morgan fingerprint density at radius 2 is 1.72 bits per heavy atom. The summed E-state index contributed by atoms with van der Waals surface area (Å²) in [4.78, 5) is 0. The number of aliphatic hydroxyl groups is 1. The van der Waals surface area contributed by atoms with Crippen LogP contribution in [-0.4, -0.2) is 48.3 Å². The van der Waals surface area contributed by atoms with Gasteiger partial charge in [-0.1, -0.05) is 30.3 Å². The Bertz CT molecular complexity index is 873. The second-order valence-corrected chi connectivity index (χ2v) is 6.87. The Morgan fingerprint density at radius 3 is 2.41 bits per heavy atom. The van der Waals surface area contributed by atoms with Gasteiger partial charge in [-0.05, 0) is 30.2 Å². The van der Waals surface area contributed by atoms with Gasteiger partial charge < -0.3 is 30.8 Å². The minimum absolute atomic E-state index is 0.0128. The summed E-state index contributed by atoms with van der Waals surface area (Å²) in [6, 6.07) is 14.2. The Balaban J connectivity index is 0.000000188. The first-order valence-electron chi connectivity index (χ1n) is 9.36. The molecule has 3 unspecified atom stereocenters. The number of amidine groups is 2. The highest BCUT2D eigenvalue weighted by atomic mass is 16.6. The first-order chi connectivity index (χ1) is 14.0. The topological polar surface area (TPSA) is 148 Å². The predicted molar refractivity (Wildman–Crippen MR) is 109 cm³/mol. The molecular formula is C21H26N4O4. The molecule has 2 heterocycles. The normalized spacial score (nSPS) is 22.3. The van der Waals surface area contributed by atoms with Crippen molar-refractivity contribution < 1.29 is 19.3 Å². The monoisotopic (exact) mass is 398 g/mol. The van der Waals surface area contributed by atoms with E-state index in [9.17, 15) is 0 Å². The van der Waals surface area contributed by atoms with E-state index in [0.717, 1.165) is 18.6 Å². The molecule has 0 bridgehead atoms. The fourth-order valence-electron chi connectivity index (χ4n) is 3.28. The molecule has 2 aliphatic rings. The maximum Gasteiger partial charge on any atom is 0.150 e. The lowest BCUT2D eigenvalue weighted by Gasteiger charge is -2.18. The number of hydrogen-bond donors (Lipinski definition) is 5. The number of rotatable bonds is 5. The molecule has 29 heavy (non-hydrogen) atoms. The van der Waals surface area contributed by atoms with Gasteiger partial charge in [-0.25, -0.2) is 0 Å². The van der Waals surface area contributed by atoms with E-state index >= 15 is 0 Å². The average molecular weight is 398 g/mol. The zero-order valence-electron chi connectivity index (χ0n) is 16.0. The van der Waals surface area contributed by atoms with Crippen LogP contribution in [0, 0.1) is 10.8 Å². The molecule has 0 aromatic heterocycles. The molecule has 0 spiro atoms. The zero-order valence-corrected chi connectivity index (χ0v) is 16.0. The van der Waals surface area contributed by atoms with Crippen molar-refractivity contribution in [2.45, 2.75) is 31.3 Å². The molecule has 2 aliphatic heterocycles. The Hall–Kier alpha value is -2.94. The Kier molecular flexibility index (Phi) is 6.82. The maximum absolute atomic E-state index is 8.73. The highest BCUT2D eigenvalue weighted by Gasteiger charge is 2.43. The minimum atomic E-state index is -0.0697. The summed E-state index contributed by atoms with van der Waals surface area (Å²) in [6.45, 7) is 1.28. The molecule has 7 N–H and O–H groups in total. The van der Waals surface area contributed by atoms with Crippen molar-refractivity contribution in [1.82, 2.24) is 0 Å². The van der Waals surface area contributed by atoms with Crippen molar-refractivity contribution in [2.75, 3.05) is 13.2 Å². The molecule has 2 aromatic carbocycles. The molecule has 154 valence electrons. The largest absolute Gasteiger partial charge is 0.485 e. The van der Waals surface area contributed by atoms with Crippen molar-refractivity contribution in [3.63, 3.8) is 0 Å². The second-order valence-electron chi connectivity index (χ2n) is 6.87. The molecule has 0 aliphatic carbocycles. The van der Waals surface area contributed by atoms with Crippen LogP contribution in [0.5, 0.6) is 5.75 Å². The predicted octanol–water partition coefficient (Wildman–Crippen LogP) is 1.37. The molecule has 0 amide bonds. The lowest BCUT2D eigenvalue weighted by Crippen LogP contribution is -2.32. The molecule has 2 fully saturated rings. The van der Waals surface area contributed by atoms with Crippen LogP contribution in [0.2, 0.25) is 0 Å². The third kappa shape index (κ3) is 5.32. The molecular weight excluding hydrogens is 372 g/mol. The van der Waals surface area contributed by atoms with E-state index in [1.807, 2.05) is 12.1 Å². The van der Waals surface area contributed by atoms with E-state index < -0.39 is 0 Å². The third-order valence-electron chi connectivity index (χ3n) is 4.77. The number of ether oxygens (including phenoxy) is 3. The van der Waals surface area contributed by atoms with Crippen molar-refractivity contribution in [3.05, 3.63) is 65.2 Å². The van der Waals surface area contributed by atoms with E-state index in [1.165, 1.54) is 0 Å². The van der Waals surface area contributed by atoms with Crippen molar-refractivity contribution in [1.29, 1.82) is 10.8 Å². The number of fused-ring (bicyclic) bond motifs is 1. The lowest BCUT2D eigenvalue weighted by atomic mass is 10.1. The van der Waals surface area contributed by atoms with Crippen LogP contribution in [0.25, 0.3) is 0 Å². The van der Waals surface area contributed by atoms with Gasteiger partial charge in [0.1, 0.15) is 23.5 Å². The van der Waals surface area contributed by atoms with Gasteiger partial charge in [-0.15, -0.1) is 0 Å². The third-order valence-corrected chi connectivity index (χ3v) is 4.77. The summed E-state index contributed by atoms with van der Waals surface area (Å²) in [5, 5.41) is 23.2. The summed E-state index contributed by atoms with van der Waals surface area (Å²) in [6.07, 6.45) is 1.08. The Morgan fingerprint density at radius 1 is 1.03 bits per heavy atom. The SMILES string of the molecule is N=C(N)c1cccc(CO)c1.N=C(N)c1cccc(OC2COC3CCOC32)c1. The molecule has 0 radical (unpaired) electrons. The number of nitrogen functional groups attached to an aromatic ring is 2. The molecule has 3 atom stereocenters. The fourth-order valence-corrected chi connectivity index (χ4v) is 3.28. The van der Waals surface area contributed by atoms with Gasteiger partial charge in [0.05, 0.1) is 19.3 Å². The highest BCUT2D eigenvalue weighted by molar-refractivity contribution is 5.95. The molecule has 2 saturated heterocycles. The smallest absolute Gasteiger partial charge is 0.150 e. The molecule has 2 aromatic rings. The second kappa shape index (κ2) is 9.51. The van der Waals surface area contributed by atoms with E-state index in [2.05, 4.69) is 0 Å². The first-order valence-corrected chi connectivity index (χ1v) is 9.36. The molecule has 8 heteroatoms. The van der Waals surface area contributed by atoms with E-state index in [1.54, 1.807) is 36.4 Å². The van der Waals surface area contributed by atoms with Crippen molar-refractivity contribution in [2.24, 2.45) is 11.5 Å². The van der Waals surface area contributed by atoms with Crippen LogP contribution in [-0.2, 0) is 16.1 Å². The van der Waals surface area contributed by atoms with Crippen molar-refractivity contribution >= 4 is 11.7 Å². The highest BCUT2D eigenvalue weighted by Crippen LogP contribution is 2.29. The van der Waals surface area contributed by atoms with Gasteiger partial charge in [0.15, 0.2) is 6.10 Å². The standard InChI is InChI=1S/C13H16N2O3.C8H10N2O/c14-13(15)8-2-1-3-9(6-8)18-11-7-17-10-4-5-16-12(10)11;9-8(10)7-3-1-2-6(4-7)5-11/h1-3,6,10-12H,4-5,7H2,(H3,14,15);1-4,11H,5H2,(H3,9,10). The number of hydrogen-bond acceptors (Lipinski definition) is 6. The maximum atomic E-state index is 8.73. The van der Waals surface area contributed by atoms with Gasteiger partial charge in [0.2, 0.25) is 0 Å². The average Bonchev–Trinajstić information content (AvgIpc) is 3.34. The van der Waals surface area contributed by atoms with Gasteiger partial charge in [-0.2, -0.15) is 0 Å². The molecule has 4 rings (SSSR count). The first kappa shape index (κ1) is 20.8. The number of benzene rings is 2. The van der Waals surface area contributed by atoms with Crippen molar-refractivity contribution in [3.8, 4) is 5.75 Å². The molecule has 0 saturated carbocycles. The van der Waals surface area contributed by atoms with Crippen LogP contribution < -0.4 is 16.2 Å². The summed E-state index contributed by atoms with van der Waals surface area (Å²) in [7, 11) is 0. The van der Waals surface area contributed by atoms with Crippen LogP contribution >= 0.6 is 0 Å². The summed E-state index contributed by atoms with van der Waals surface area (Å²) in [5.74, 6) is 0.769. The van der Waals surface area contributed by atoms with Crippen LogP contribution in [0.3, 0.4) is 0 Å². The molecule has 8 nitrogen and oxygen atoms in total. The summed E-state index contributed by atoms with van der Waals surface area (Å²) >= 11 is 0. The number of aliphatic hydroxyl groups excluding tert-OH is 1. The van der Waals surface area contributed by atoms with E-state index in [0.29, 0.717) is 23.5 Å². The fraction of sp³-hybridized carbons (Fsp3) is 0.333. The number of nitrogens with one attached hydrogen (secondary N) is 2. The zero-order chi connectivity index (χ0) is 20.8. The van der Waals surface area contributed by atoms with Crippen LogP contribution in [0.4, 0.5) is 0 Å². The summed E-state index contributed by atoms with van der Waals surface area (Å²) in [5.41, 5.74) is 12.8. The minimum Gasteiger partial charge on any atom is -0.485 e.